The molecule has 2 rings (SSSR count). The molecule has 0 radical (unpaired) electrons. The van der Waals surface area contributed by atoms with Gasteiger partial charge < -0.3 is 9.88 Å². The zero-order valence-electron chi connectivity index (χ0n) is 11.2. The Bertz CT molecular complexity index is 509. The summed E-state index contributed by atoms with van der Waals surface area (Å²) >= 11 is 0. The van der Waals surface area contributed by atoms with Crippen molar-refractivity contribution in [2.24, 2.45) is 0 Å². The van der Waals surface area contributed by atoms with E-state index in [0.29, 0.717) is 6.04 Å². The normalized spacial score (nSPS) is 11.6. The molecule has 0 saturated carbocycles. The molecule has 0 atom stereocenters. The number of nitrogens with one attached hydrogen (secondary N) is 1. The van der Waals surface area contributed by atoms with Crippen molar-refractivity contribution in [2.75, 3.05) is 13.6 Å². The van der Waals surface area contributed by atoms with Crippen LogP contribution in [0.4, 0.5) is 0 Å². The SMILES string of the molecule is CNCCc1cccc2c1c(C)cn2C(C)C. The zero-order chi connectivity index (χ0) is 12.4. The molecule has 0 fully saturated rings. The fourth-order valence-corrected chi connectivity index (χ4v) is 2.49. The predicted octanol–water partition coefficient (Wildman–Crippen LogP) is 3.29. The van der Waals surface area contributed by atoms with Crippen molar-refractivity contribution in [3.63, 3.8) is 0 Å². The third-order valence-corrected chi connectivity index (χ3v) is 3.33. The summed E-state index contributed by atoms with van der Waals surface area (Å²) in [5.41, 5.74) is 4.21. The number of fused-ring (bicyclic) bond motifs is 1. The standard InChI is InChI=1S/C15H22N2/c1-11(2)17-10-12(3)15-13(8-9-16-4)6-5-7-14(15)17/h5-7,10-11,16H,8-9H2,1-4H3. The van der Waals surface area contributed by atoms with Crippen LogP contribution in [0.2, 0.25) is 0 Å². The van der Waals surface area contributed by atoms with Gasteiger partial charge in [0.1, 0.15) is 0 Å². The fourth-order valence-electron chi connectivity index (χ4n) is 2.49. The van der Waals surface area contributed by atoms with Gasteiger partial charge in [0.25, 0.3) is 0 Å². The Morgan fingerprint density at radius 1 is 1.29 bits per heavy atom. The molecule has 2 aromatic rings. The van der Waals surface area contributed by atoms with Crippen LogP contribution in [0, 0.1) is 6.92 Å². The molecule has 0 amide bonds. The van der Waals surface area contributed by atoms with Gasteiger partial charge in [-0.25, -0.2) is 0 Å². The van der Waals surface area contributed by atoms with Crippen molar-refractivity contribution >= 4 is 10.9 Å². The molecular weight excluding hydrogens is 208 g/mol. The van der Waals surface area contributed by atoms with Crippen LogP contribution in [-0.4, -0.2) is 18.2 Å². The Hall–Kier alpha value is -1.28. The molecule has 0 spiro atoms. The second kappa shape index (κ2) is 4.92. The zero-order valence-corrected chi connectivity index (χ0v) is 11.2. The minimum atomic E-state index is 0.519. The van der Waals surface area contributed by atoms with Gasteiger partial charge >= 0.3 is 0 Å². The lowest BCUT2D eigenvalue weighted by Gasteiger charge is -2.10. The molecule has 92 valence electrons. The maximum absolute atomic E-state index is 3.22. The Kier molecular flexibility index (Phi) is 3.53. The van der Waals surface area contributed by atoms with E-state index >= 15 is 0 Å². The van der Waals surface area contributed by atoms with E-state index in [2.05, 4.69) is 55.1 Å². The van der Waals surface area contributed by atoms with Gasteiger partial charge in [-0.15, -0.1) is 0 Å². The number of rotatable bonds is 4. The van der Waals surface area contributed by atoms with E-state index in [-0.39, 0.29) is 0 Å². The molecule has 0 aliphatic rings. The van der Waals surface area contributed by atoms with Crippen molar-refractivity contribution in [3.8, 4) is 0 Å². The molecule has 1 heterocycles. The van der Waals surface area contributed by atoms with E-state index in [4.69, 9.17) is 0 Å². The van der Waals surface area contributed by atoms with Crippen LogP contribution < -0.4 is 5.32 Å². The number of hydrogen-bond acceptors (Lipinski definition) is 1. The van der Waals surface area contributed by atoms with E-state index in [1.54, 1.807) is 0 Å². The van der Waals surface area contributed by atoms with Crippen LogP contribution in [-0.2, 0) is 6.42 Å². The lowest BCUT2D eigenvalue weighted by molar-refractivity contribution is 0.622. The Balaban J connectivity index is 2.56. The van der Waals surface area contributed by atoms with Crippen LogP contribution in [0.1, 0.15) is 31.0 Å². The predicted molar refractivity (Wildman–Crippen MR) is 74.7 cm³/mol. The molecule has 1 aromatic carbocycles. The highest BCUT2D eigenvalue weighted by Gasteiger charge is 2.10. The summed E-state index contributed by atoms with van der Waals surface area (Å²) < 4.78 is 2.37. The number of aryl methyl sites for hydroxylation is 1. The maximum Gasteiger partial charge on any atom is 0.0488 e. The first-order chi connectivity index (χ1) is 8.15. The number of benzene rings is 1. The highest BCUT2D eigenvalue weighted by Crippen LogP contribution is 2.27. The first kappa shape index (κ1) is 12.2. The Labute approximate surface area is 104 Å². The van der Waals surface area contributed by atoms with Gasteiger partial charge in [0, 0.05) is 23.1 Å². The van der Waals surface area contributed by atoms with Gasteiger partial charge in [0.15, 0.2) is 0 Å². The summed E-state index contributed by atoms with van der Waals surface area (Å²) in [6.45, 7) is 7.72. The lowest BCUT2D eigenvalue weighted by Crippen LogP contribution is -2.10. The second-order valence-corrected chi connectivity index (χ2v) is 4.98. The van der Waals surface area contributed by atoms with E-state index in [0.717, 1.165) is 13.0 Å². The van der Waals surface area contributed by atoms with Gasteiger partial charge in [-0.3, -0.25) is 0 Å². The molecule has 0 unspecified atom stereocenters. The average Bonchev–Trinajstić information content (AvgIpc) is 2.65. The van der Waals surface area contributed by atoms with Crippen molar-refractivity contribution in [1.82, 2.24) is 9.88 Å². The molecular formula is C15H22N2. The summed E-state index contributed by atoms with van der Waals surface area (Å²) in [6.07, 6.45) is 3.37. The third kappa shape index (κ3) is 2.22. The minimum absolute atomic E-state index is 0.519. The highest BCUT2D eigenvalue weighted by molar-refractivity contribution is 5.87. The van der Waals surface area contributed by atoms with Crippen LogP contribution in [0.25, 0.3) is 10.9 Å². The Morgan fingerprint density at radius 2 is 2.06 bits per heavy atom. The summed E-state index contributed by atoms with van der Waals surface area (Å²) in [6, 6.07) is 7.17. The molecule has 0 aliphatic carbocycles. The smallest absolute Gasteiger partial charge is 0.0488 e. The van der Waals surface area contributed by atoms with Crippen LogP contribution in [0.15, 0.2) is 24.4 Å². The largest absolute Gasteiger partial charge is 0.345 e. The highest BCUT2D eigenvalue weighted by atomic mass is 15.0. The van der Waals surface area contributed by atoms with Crippen LogP contribution >= 0.6 is 0 Å². The molecule has 1 aromatic heterocycles. The maximum atomic E-state index is 3.22. The van der Waals surface area contributed by atoms with Crippen LogP contribution in [0.5, 0.6) is 0 Å². The van der Waals surface area contributed by atoms with Crippen LogP contribution in [0.3, 0.4) is 0 Å². The summed E-state index contributed by atoms with van der Waals surface area (Å²) in [4.78, 5) is 0. The van der Waals surface area contributed by atoms with Crippen molar-refractivity contribution in [1.29, 1.82) is 0 Å². The van der Waals surface area contributed by atoms with Crippen molar-refractivity contribution in [2.45, 2.75) is 33.2 Å². The topological polar surface area (TPSA) is 17.0 Å². The molecule has 0 saturated heterocycles. The summed E-state index contributed by atoms with van der Waals surface area (Å²) in [5, 5.41) is 4.66. The monoisotopic (exact) mass is 230 g/mol. The molecule has 2 heteroatoms. The number of likely N-dealkylation sites (N-methyl/N-ethyl adjacent to an activating group) is 1. The second-order valence-electron chi connectivity index (χ2n) is 4.98. The van der Waals surface area contributed by atoms with Gasteiger partial charge in [0.2, 0.25) is 0 Å². The first-order valence-corrected chi connectivity index (χ1v) is 6.38. The van der Waals surface area contributed by atoms with Gasteiger partial charge in [-0.2, -0.15) is 0 Å². The fraction of sp³-hybridized carbons (Fsp3) is 0.467. The van der Waals surface area contributed by atoms with Gasteiger partial charge in [0.05, 0.1) is 0 Å². The number of aromatic nitrogens is 1. The van der Waals surface area contributed by atoms with E-state index < -0.39 is 0 Å². The molecule has 17 heavy (non-hydrogen) atoms. The summed E-state index contributed by atoms with van der Waals surface area (Å²) in [5.74, 6) is 0. The minimum Gasteiger partial charge on any atom is -0.345 e. The lowest BCUT2D eigenvalue weighted by atomic mass is 10.0. The average molecular weight is 230 g/mol. The Morgan fingerprint density at radius 3 is 2.71 bits per heavy atom. The molecule has 2 nitrogen and oxygen atoms in total. The molecule has 0 aliphatic heterocycles. The quantitative estimate of drug-likeness (QED) is 0.853. The van der Waals surface area contributed by atoms with Gasteiger partial charge in [-0.1, -0.05) is 12.1 Å². The molecule has 1 N–H and O–H groups in total. The van der Waals surface area contributed by atoms with Crippen molar-refractivity contribution in [3.05, 3.63) is 35.5 Å². The number of hydrogen-bond donors (Lipinski definition) is 1. The van der Waals surface area contributed by atoms with E-state index in [1.165, 1.54) is 22.0 Å². The number of nitrogens with zero attached hydrogens (tertiary/aromatic N) is 1. The summed E-state index contributed by atoms with van der Waals surface area (Å²) in [7, 11) is 2.01. The van der Waals surface area contributed by atoms with E-state index in [1.807, 2.05) is 7.05 Å². The first-order valence-electron chi connectivity index (χ1n) is 6.38. The van der Waals surface area contributed by atoms with E-state index in [9.17, 15) is 0 Å². The van der Waals surface area contributed by atoms with Crippen molar-refractivity contribution < 1.29 is 0 Å². The third-order valence-electron chi connectivity index (χ3n) is 3.33. The molecule has 0 bridgehead atoms. The van der Waals surface area contributed by atoms with Gasteiger partial charge in [-0.05, 0) is 58.0 Å².